The lowest BCUT2D eigenvalue weighted by Gasteiger charge is -2.04. The van der Waals surface area contributed by atoms with Gasteiger partial charge in [-0.1, -0.05) is 6.08 Å². The highest BCUT2D eigenvalue weighted by Gasteiger charge is 2.10. The van der Waals surface area contributed by atoms with Gasteiger partial charge in [0.1, 0.15) is 0 Å². The van der Waals surface area contributed by atoms with Gasteiger partial charge in [-0.3, -0.25) is 4.79 Å². The summed E-state index contributed by atoms with van der Waals surface area (Å²) < 4.78 is 1.98. The van der Waals surface area contributed by atoms with Crippen molar-refractivity contribution in [1.82, 2.24) is 9.55 Å². The number of allylic oxidation sites excluding steroid dienone is 1. The molecule has 0 aliphatic heterocycles. The van der Waals surface area contributed by atoms with Gasteiger partial charge < -0.3 is 15.6 Å². The summed E-state index contributed by atoms with van der Waals surface area (Å²) in [6.45, 7) is 4.37. The van der Waals surface area contributed by atoms with E-state index in [4.69, 9.17) is 5.73 Å². The standard InChI is InChI=1S/C12H14N4O/c1-3-6-16-10-5-4-8(11(13)17)7-9(10)15-12(16)14-2/h3-5,7H,1,6H2,2H3,(H2,13,17)(H,14,15). The lowest BCUT2D eigenvalue weighted by Crippen LogP contribution is -2.10. The van der Waals surface area contributed by atoms with E-state index in [-0.39, 0.29) is 0 Å². The molecule has 0 bridgehead atoms. The summed E-state index contributed by atoms with van der Waals surface area (Å²) in [6, 6.07) is 5.23. The molecule has 0 fully saturated rings. The fourth-order valence-electron chi connectivity index (χ4n) is 1.79. The van der Waals surface area contributed by atoms with Crippen molar-refractivity contribution >= 4 is 22.9 Å². The van der Waals surface area contributed by atoms with Crippen LogP contribution < -0.4 is 11.1 Å². The van der Waals surface area contributed by atoms with E-state index in [1.165, 1.54) is 0 Å². The number of primary amides is 1. The number of aromatic nitrogens is 2. The molecule has 5 nitrogen and oxygen atoms in total. The third-order valence-corrected chi connectivity index (χ3v) is 2.57. The number of benzene rings is 1. The second-order valence-corrected chi connectivity index (χ2v) is 3.65. The minimum atomic E-state index is -0.448. The van der Waals surface area contributed by atoms with Crippen LogP contribution in [0.2, 0.25) is 0 Å². The van der Waals surface area contributed by atoms with E-state index in [0.29, 0.717) is 12.1 Å². The number of carbonyl (C=O) groups is 1. The molecule has 0 radical (unpaired) electrons. The topological polar surface area (TPSA) is 72.9 Å². The Bertz CT molecular complexity index is 585. The predicted octanol–water partition coefficient (Wildman–Crippen LogP) is 1.36. The molecule has 88 valence electrons. The smallest absolute Gasteiger partial charge is 0.248 e. The van der Waals surface area contributed by atoms with E-state index in [1.54, 1.807) is 25.3 Å². The molecule has 2 rings (SSSR count). The molecule has 0 saturated heterocycles. The van der Waals surface area contributed by atoms with Gasteiger partial charge >= 0.3 is 0 Å². The quantitative estimate of drug-likeness (QED) is 0.779. The van der Waals surface area contributed by atoms with Crippen molar-refractivity contribution in [3.8, 4) is 0 Å². The van der Waals surface area contributed by atoms with Crippen molar-refractivity contribution in [1.29, 1.82) is 0 Å². The number of fused-ring (bicyclic) bond motifs is 1. The van der Waals surface area contributed by atoms with Gasteiger partial charge in [-0.05, 0) is 18.2 Å². The highest BCUT2D eigenvalue weighted by Crippen LogP contribution is 2.20. The maximum Gasteiger partial charge on any atom is 0.248 e. The van der Waals surface area contributed by atoms with Gasteiger partial charge in [0.15, 0.2) is 0 Å². The summed E-state index contributed by atoms with van der Waals surface area (Å²) in [6.07, 6.45) is 1.80. The largest absolute Gasteiger partial charge is 0.366 e. The molecule has 0 aliphatic rings. The first-order chi connectivity index (χ1) is 8.17. The number of nitrogens with zero attached hydrogens (tertiary/aromatic N) is 2. The van der Waals surface area contributed by atoms with Crippen molar-refractivity contribution in [2.75, 3.05) is 12.4 Å². The van der Waals surface area contributed by atoms with Gasteiger partial charge in [0.25, 0.3) is 0 Å². The average Bonchev–Trinajstić information content (AvgIpc) is 2.67. The Morgan fingerprint density at radius 2 is 2.41 bits per heavy atom. The van der Waals surface area contributed by atoms with Gasteiger partial charge in [0.05, 0.1) is 11.0 Å². The second-order valence-electron chi connectivity index (χ2n) is 3.65. The van der Waals surface area contributed by atoms with E-state index in [0.717, 1.165) is 17.0 Å². The number of carbonyl (C=O) groups excluding carboxylic acids is 1. The minimum Gasteiger partial charge on any atom is -0.366 e. The first-order valence-corrected chi connectivity index (χ1v) is 5.26. The van der Waals surface area contributed by atoms with E-state index in [2.05, 4.69) is 16.9 Å². The van der Waals surface area contributed by atoms with Gasteiger partial charge in [-0.2, -0.15) is 0 Å². The number of hydrogen-bond acceptors (Lipinski definition) is 3. The fraction of sp³-hybridized carbons (Fsp3) is 0.167. The van der Waals surface area contributed by atoms with Crippen molar-refractivity contribution in [2.45, 2.75) is 6.54 Å². The molecule has 3 N–H and O–H groups in total. The third-order valence-electron chi connectivity index (χ3n) is 2.57. The van der Waals surface area contributed by atoms with Crippen LogP contribution >= 0.6 is 0 Å². The Labute approximate surface area is 98.9 Å². The molecule has 0 unspecified atom stereocenters. The number of imidazole rings is 1. The van der Waals surface area contributed by atoms with E-state index < -0.39 is 5.91 Å². The SMILES string of the molecule is C=CCn1c(NC)nc2cc(C(N)=O)ccc21. The Hall–Kier alpha value is -2.30. The van der Waals surface area contributed by atoms with Crippen LogP contribution in [0.5, 0.6) is 0 Å². The maximum absolute atomic E-state index is 11.1. The highest BCUT2D eigenvalue weighted by atomic mass is 16.1. The number of hydrogen-bond donors (Lipinski definition) is 2. The van der Waals surface area contributed by atoms with Crippen LogP contribution in [0.3, 0.4) is 0 Å². The van der Waals surface area contributed by atoms with Crippen LogP contribution in [0.4, 0.5) is 5.95 Å². The van der Waals surface area contributed by atoms with Crippen molar-refractivity contribution in [3.05, 3.63) is 36.4 Å². The van der Waals surface area contributed by atoms with Crippen LogP contribution in [0.25, 0.3) is 11.0 Å². The number of anilines is 1. The fourth-order valence-corrected chi connectivity index (χ4v) is 1.79. The lowest BCUT2D eigenvalue weighted by molar-refractivity contribution is 0.100. The molecule has 0 aliphatic carbocycles. The highest BCUT2D eigenvalue weighted by molar-refractivity contribution is 5.96. The normalized spacial score (nSPS) is 10.4. The van der Waals surface area contributed by atoms with Gasteiger partial charge in [0, 0.05) is 19.2 Å². The summed E-state index contributed by atoms with van der Waals surface area (Å²) in [4.78, 5) is 15.5. The summed E-state index contributed by atoms with van der Waals surface area (Å²) in [7, 11) is 1.80. The maximum atomic E-state index is 11.1. The first kappa shape index (κ1) is 11.2. The Morgan fingerprint density at radius 1 is 1.65 bits per heavy atom. The van der Waals surface area contributed by atoms with Crippen molar-refractivity contribution in [3.63, 3.8) is 0 Å². The molecule has 1 aromatic carbocycles. The van der Waals surface area contributed by atoms with Crippen LogP contribution in [-0.2, 0) is 6.54 Å². The molecular weight excluding hydrogens is 216 g/mol. The number of nitrogens with one attached hydrogen (secondary N) is 1. The summed E-state index contributed by atoms with van der Waals surface area (Å²) in [5.74, 6) is 0.290. The Balaban J connectivity index is 2.64. The van der Waals surface area contributed by atoms with Crippen LogP contribution in [0, 0.1) is 0 Å². The first-order valence-electron chi connectivity index (χ1n) is 5.26. The summed E-state index contributed by atoms with van der Waals surface area (Å²) >= 11 is 0. The van der Waals surface area contributed by atoms with Crippen LogP contribution in [-0.4, -0.2) is 22.5 Å². The van der Waals surface area contributed by atoms with E-state index >= 15 is 0 Å². The third kappa shape index (κ3) is 1.87. The molecule has 1 aromatic heterocycles. The van der Waals surface area contributed by atoms with E-state index in [1.807, 2.05) is 10.6 Å². The van der Waals surface area contributed by atoms with Crippen LogP contribution in [0.15, 0.2) is 30.9 Å². The molecule has 2 aromatic rings. The summed E-state index contributed by atoms with van der Waals surface area (Å²) in [5, 5.41) is 3.01. The Morgan fingerprint density at radius 3 is 3.00 bits per heavy atom. The molecule has 0 atom stereocenters. The molecule has 17 heavy (non-hydrogen) atoms. The van der Waals surface area contributed by atoms with Crippen molar-refractivity contribution in [2.24, 2.45) is 5.73 Å². The molecule has 1 amide bonds. The molecule has 0 spiro atoms. The van der Waals surface area contributed by atoms with Crippen LogP contribution in [0.1, 0.15) is 10.4 Å². The van der Waals surface area contributed by atoms with Gasteiger partial charge in [-0.25, -0.2) is 4.98 Å². The minimum absolute atomic E-state index is 0.448. The second kappa shape index (κ2) is 4.29. The lowest BCUT2D eigenvalue weighted by atomic mass is 10.2. The molecule has 1 heterocycles. The number of amides is 1. The summed E-state index contributed by atoms with van der Waals surface area (Å²) in [5.41, 5.74) is 7.38. The zero-order chi connectivity index (χ0) is 12.4. The zero-order valence-corrected chi connectivity index (χ0v) is 9.60. The van der Waals surface area contributed by atoms with Gasteiger partial charge in [0.2, 0.25) is 11.9 Å². The molecular formula is C12H14N4O. The Kier molecular flexibility index (Phi) is 2.82. The monoisotopic (exact) mass is 230 g/mol. The molecule has 5 heteroatoms. The van der Waals surface area contributed by atoms with E-state index in [9.17, 15) is 4.79 Å². The average molecular weight is 230 g/mol. The predicted molar refractivity (Wildman–Crippen MR) is 68.0 cm³/mol. The molecule has 0 saturated carbocycles. The number of nitrogens with two attached hydrogens (primary N) is 1. The van der Waals surface area contributed by atoms with Crippen molar-refractivity contribution < 1.29 is 4.79 Å². The zero-order valence-electron chi connectivity index (χ0n) is 9.60. The van der Waals surface area contributed by atoms with Gasteiger partial charge in [-0.15, -0.1) is 6.58 Å². The number of rotatable bonds is 4.